The van der Waals surface area contributed by atoms with Gasteiger partial charge in [-0.2, -0.15) is 0 Å². The first-order valence-corrected chi connectivity index (χ1v) is 6.47. The van der Waals surface area contributed by atoms with E-state index in [9.17, 15) is 0 Å². The lowest BCUT2D eigenvalue weighted by molar-refractivity contribution is 0.139. The summed E-state index contributed by atoms with van der Waals surface area (Å²) in [6.07, 6.45) is 0. The van der Waals surface area contributed by atoms with E-state index in [4.69, 9.17) is 9.47 Å². The summed E-state index contributed by atoms with van der Waals surface area (Å²) in [5, 5.41) is 0. The Labute approximate surface area is 120 Å². The van der Waals surface area contributed by atoms with Crippen molar-refractivity contribution in [3.8, 4) is 0 Å². The van der Waals surface area contributed by atoms with Crippen LogP contribution in [0.3, 0.4) is 0 Å². The van der Waals surface area contributed by atoms with E-state index in [2.05, 4.69) is 13.2 Å². The molecule has 0 aliphatic carbocycles. The van der Waals surface area contributed by atoms with Crippen LogP contribution in [0.15, 0.2) is 85.3 Å². The maximum atomic E-state index is 5.56. The molecule has 0 radical (unpaired) electrons. The predicted molar refractivity (Wildman–Crippen MR) is 80.7 cm³/mol. The SMILES string of the molecule is C=C(OCc1ccccc1)C(=C)OCc1ccccc1. The quantitative estimate of drug-likeness (QED) is 0.544. The zero-order valence-corrected chi connectivity index (χ0v) is 11.4. The third kappa shape index (κ3) is 4.32. The first-order valence-electron chi connectivity index (χ1n) is 6.47. The molecular formula is C18H18O2. The van der Waals surface area contributed by atoms with Gasteiger partial charge in [0.15, 0.2) is 11.5 Å². The third-order valence-corrected chi connectivity index (χ3v) is 2.82. The van der Waals surface area contributed by atoms with Crippen molar-refractivity contribution in [1.29, 1.82) is 0 Å². The third-order valence-electron chi connectivity index (χ3n) is 2.82. The summed E-state index contributed by atoms with van der Waals surface area (Å²) in [4.78, 5) is 0. The normalized spacial score (nSPS) is 9.80. The van der Waals surface area contributed by atoms with Gasteiger partial charge in [-0.05, 0) is 11.1 Å². The largest absolute Gasteiger partial charge is 0.486 e. The lowest BCUT2D eigenvalue weighted by Crippen LogP contribution is -1.99. The Morgan fingerprint density at radius 3 is 1.35 bits per heavy atom. The minimum atomic E-state index is 0.463. The average Bonchev–Trinajstić information content (AvgIpc) is 2.52. The van der Waals surface area contributed by atoms with E-state index in [-0.39, 0.29) is 0 Å². The summed E-state index contributed by atoms with van der Waals surface area (Å²) >= 11 is 0. The molecule has 0 saturated heterocycles. The van der Waals surface area contributed by atoms with Gasteiger partial charge in [-0.1, -0.05) is 73.8 Å². The van der Waals surface area contributed by atoms with Crippen molar-refractivity contribution >= 4 is 0 Å². The zero-order chi connectivity index (χ0) is 14.2. The Bertz CT molecular complexity index is 505. The van der Waals surface area contributed by atoms with Crippen LogP contribution in [-0.2, 0) is 22.7 Å². The molecule has 0 unspecified atom stereocenters. The van der Waals surface area contributed by atoms with Gasteiger partial charge in [0.2, 0.25) is 0 Å². The molecule has 0 fully saturated rings. The molecule has 0 bridgehead atoms. The highest BCUT2D eigenvalue weighted by atomic mass is 16.5. The molecule has 0 N–H and O–H groups in total. The van der Waals surface area contributed by atoms with Crippen molar-refractivity contribution in [3.05, 3.63) is 96.5 Å². The summed E-state index contributed by atoms with van der Waals surface area (Å²) in [7, 11) is 0. The monoisotopic (exact) mass is 266 g/mol. The molecule has 20 heavy (non-hydrogen) atoms. The first-order chi connectivity index (χ1) is 9.75. The minimum Gasteiger partial charge on any atom is -0.486 e. The van der Waals surface area contributed by atoms with Gasteiger partial charge in [0.1, 0.15) is 13.2 Å². The van der Waals surface area contributed by atoms with E-state index in [1.165, 1.54) is 0 Å². The Morgan fingerprint density at radius 2 is 1.00 bits per heavy atom. The fourth-order valence-corrected chi connectivity index (χ4v) is 1.65. The predicted octanol–water partition coefficient (Wildman–Crippen LogP) is 4.45. The standard InChI is InChI=1S/C18H18O2/c1-15(19-13-17-9-5-3-6-10-17)16(2)20-14-18-11-7-4-8-12-18/h3-12H,1-2,13-14H2. The van der Waals surface area contributed by atoms with Gasteiger partial charge in [0.05, 0.1) is 0 Å². The first kappa shape index (κ1) is 13.9. The highest BCUT2D eigenvalue weighted by Gasteiger charge is 2.03. The molecule has 2 aromatic carbocycles. The minimum absolute atomic E-state index is 0.463. The van der Waals surface area contributed by atoms with E-state index in [1.54, 1.807) is 0 Å². The van der Waals surface area contributed by atoms with Crippen molar-refractivity contribution in [3.63, 3.8) is 0 Å². The van der Waals surface area contributed by atoms with Gasteiger partial charge >= 0.3 is 0 Å². The van der Waals surface area contributed by atoms with Gasteiger partial charge in [-0.25, -0.2) is 0 Å². The van der Waals surface area contributed by atoms with Crippen LogP contribution in [0.4, 0.5) is 0 Å². The number of hydrogen-bond acceptors (Lipinski definition) is 2. The van der Waals surface area contributed by atoms with Crippen LogP contribution < -0.4 is 0 Å². The van der Waals surface area contributed by atoms with Gasteiger partial charge in [-0.3, -0.25) is 0 Å². The molecule has 102 valence electrons. The van der Waals surface area contributed by atoms with Gasteiger partial charge in [0, 0.05) is 0 Å². The molecule has 0 heterocycles. The van der Waals surface area contributed by atoms with Crippen molar-refractivity contribution < 1.29 is 9.47 Å². The molecular weight excluding hydrogens is 248 g/mol. The molecule has 2 heteroatoms. The number of rotatable bonds is 7. The summed E-state index contributed by atoms with van der Waals surface area (Å²) in [5.41, 5.74) is 2.18. The Morgan fingerprint density at radius 1 is 0.650 bits per heavy atom. The van der Waals surface area contributed by atoms with E-state index in [1.807, 2.05) is 60.7 Å². The smallest absolute Gasteiger partial charge is 0.153 e. The van der Waals surface area contributed by atoms with E-state index >= 15 is 0 Å². The topological polar surface area (TPSA) is 18.5 Å². The molecule has 0 aromatic heterocycles. The second kappa shape index (κ2) is 7.19. The molecule has 2 nitrogen and oxygen atoms in total. The maximum absolute atomic E-state index is 5.56. The lowest BCUT2D eigenvalue weighted by Gasteiger charge is -2.13. The fraction of sp³-hybridized carbons (Fsp3) is 0.111. The molecule has 0 aliphatic rings. The fourth-order valence-electron chi connectivity index (χ4n) is 1.65. The van der Waals surface area contributed by atoms with Crippen LogP contribution in [0, 0.1) is 0 Å². The van der Waals surface area contributed by atoms with Crippen LogP contribution >= 0.6 is 0 Å². The summed E-state index contributed by atoms with van der Waals surface area (Å²) < 4.78 is 11.1. The molecule has 0 saturated carbocycles. The Balaban J connectivity index is 1.76. The van der Waals surface area contributed by atoms with Gasteiger partial charge in [0.25, 0.3) is 0 Å². The second-order valence-corrected chi connectivity index (χ2v) is 4.39. The molecule has 0 atom stereocenters. The number of ether oxygens (including phenoxy) is 2. The van der Waals surface area contributed by atoms with E-state index in [0.717, 1.165) is 11.1 Å². The molecule has 0 spiro atoms. The van der Waals surface area contributed by atoms with Crippen LogP contribution in [0.2, 0.25) is 0 Å². The van der Waals surface area contributed by atoms with Gasteiger partial charge < -0.3 is 9.47 Å². The maximum Gasteiger partial charge on any atom is 0.153 e. The summed E-state index contributed by atoms with van der Waals surface area (Å²) in [6, 6.07) is 19.8. The van der Waals surface area contributed by atoms with Crippen molar-refractivity contribution in [2.75, 3.05) is 0 Å². The number of hydrogen-bond donors (Lipinski definition) is 0. The van der Waals surface area contributed by atoms with Crippen LogP contribution in [0.5, 0.6) is 0 Å². The van der Waals surface area contributed by atoms with Crippen molar-refractivity contribution in [2.45, 2.75) is 13.2 Å². The highest BCUT2D eigenvalue weighted by Crippen LogP contribution is 2.14. The number of benzene rings is 2. The van der Waals surface area contributed by atoms with E-state index in [0.29, 0.717) is 24.7 Å². The highest BCUT2D eigenvalue weighted by molar-refractivity contribution is 5.18. The summed E-state index contributed by atoms with van der Waals surface area (Å²) in [6.45, 7) is 8.60. The van der Waals surface area contributed by atoms with Crippen molar-refractivity contribution in [1.82, 2.24) is 0 Å². The van der Waals surface area contributed by atoms with Crippen LogP contribution in [0.1, 0.15) is 11.1 Å². The molecule has 2 rings (SSSR count). The van der Waals surface area contributed by atoms with E-state index < -0.39 is 0 Å². The van der Waals surface area contributed by atoms with Crippen LogP contribution in [0.25, 0.3) is 0 Å². The summed E-state index contributed by atoms with van der Waals surface area (Å²) in [5.74, 6) is 0.926. The Hall–Kier alpha value is -2.48. The zero-order valence-electron chi connectivity index (χ0n) is 11.4. The average molecular weight is 266 g/mol. The molecule has 2 aromatic rings. The molecule has 0 aliphatic heterocycles. The van der Waals surface area contributed by atoms with Crippen LogP contribution in [-0.4, -0.2) is 0 Å². The Kier molecular flexibility index (Phi) is 5.01. The van der Waals surface area contributed by atoms with Gasteiger partial charge in [-0.15, -0.1) is 0 Å². The molecule has 0 amide bonds. The lowest BCUT2D eigenvalue weighted by atomic mass is 10.2. The second-order valence-electron chi connectivity index (χ2n) is 4.39. The van der Waals surface area contributed by atoms with Crippen molar-refractivity contribution in [2.24, 2.45) is 0 Å².